The lowest BCUT2D eigenvalue weighted by atomic mass is 10.3. The maximum absolute atomic E-state index is 5.01. The SMILES string of the molecule is C#CCCC(C)Br. The van der Waals surface area contributed by atoms with Gasteiger partial charge in [0, 0.05) is 11.2 Å². The molecule has 1 atom stereocenters. The molecule has 0 heterocycles. The molecule has 0 bridgehead atoms. The molecule has 0 aromatic heterocycles. The second-order valence-electron chi connectivity index (χ2n) is 1.52. The van der Waals surface area contributed by atoms with Gasteiger partial charge in [0.1, 0.15) is 0 Å². The molecule has 7 heavy (non-hydrogen) atoms. The van der Waals surface area contributed by atoms with Gasteiger partial charge in [-0.1, -0.05) is 22.9 Å². The number of halogens is 1. The zero-order valence-corrected chi connectivity index (χ0v) is 6.03. The fourth-order valence-corrected chi connectivity index (χ4v) is 0.511. The lowest BCUT2D eigenvalue weighted by molar-refractivity contribution is 0.859. The quantitative estimate of drug-likeness (QED) is 0.430. The van der Waals surface area contributed by atoms with Crippen LogP contribution < -0.4 is 0 Å². The predicted octanol–water partition coefficient (Wildman–Crippen LogP) is 2.18. The van der Waals surface area contributed by atoms with Gasteiger partial charge in [-0.2, -0.15) is 0 Å². The minimum Gasteiger partial charge on any atom is -0.120 e. The van der Waals surface area contributed by atoms with Crippen molar-refractivity contribution >= 4 is 15.9 Å². The van der Waals surface area contributed by atoms with E-state index in [1.165, 1.54) is 0 Å². The molecule has 0 N–H and O–H groups in total. The Morgan fingerprint density at radius 2 is 2.43 bits per heavy atom. The Morgan fingerprint density at radius 3 is 2.57 bits per heavy atom. The first-order valence-corrected chi connectivity index (χ1v) is 3.26. The first-order valence-electron chi connectivity index (χ1n) is 2.35. The molecule has 0 radical (unpaired) electrons. The van der Waals surface area contributed by atoms with Gasteiger partial charge in [-0.3, -0.25) is 0 Å². The van der Waals surface area contributed by atoms with Gasteiger partial charge < -0.3 is 0 Å². The first kappa shape index (κ1) is 7.04. The summed E-state index contributed by atoms with van der Waals surface area (Å²) < 4.78 is 0. The van der Waals surface area contributed by atoms with Crippen molar-refractivity contribution in [1.29, 1.82) is 0 Å². The smallest absolute Gasteiger partial charge is 0.0126 e. The summed E-state index contributed by atoms with van der Waals surface area (Å²) in [6.45, 7) is 2.09. The fourth-order valence-electron chi connectivity index (χ4n) is 0.282. The van der Waals surface area contributed by atoms with Crippen molar-refractivity contribution in [2.24, 2.45) is 0 Å². The molecule has 0 fully saturated rings. The molecule has 0 spiro atoms. The van der Waals surface area contributed by atoms with Crippen LogP contribution in [-0.2, 0) is 0 Å². The van der Waals surface area contributed by atoms with Gasteiger partial charge >= 0.3 is 0 Å². The van der Waals surface area contributed by atoms with Crippen molar-refractivity contribution in [2.45, 2.75) is 24.6 Å². The molecule has 1 heteroatoms. The van der Waals surface area contributed by atoms with Gasteiger partial charge in [-0.05, 0) is 6.42 Å². The molecule has 0 aromatic carbocycles. The highest BCUT2D eigenvalue weighted by atomic mass is 79.9. The molecule has 0 saturated carbocycles. The average Bonchev–Trinajstić information content (AvgIpc) is 1.61. The highest BCUT2D eigenvalue weighted by Gasteiger charge is 1.89. The van der Waals surface area contributed by atoms with E-state index in [1.807, 2.05) is 0 Å². The van der Waals surface area contributed by atoms with E-state index in [0.717, 1.165) is 12.8 Å². The lowest BCUT2D eigenvalue weighted by Crippen LogP contribution is -1.85. The molecule has 0 amide bonds. The second-order valence-corrected chi connectivity index (χ2v) is 3.09. The Balaban J connectivity index is 2.86. The molecular formula is C6H9Br. The summed E-state index contributed by atoms with van der Waals surface area (Å²) in [5.74, 6) is 2.57. The fraction of sp³-hybridized carbons (Fsp3) is 0.667. The topological polar surface area (TPSA) is 0 Å². The van der Waals surface area contributed by atoms with Crippen molar-refractivity contribution in [3.05, 3.63) is 0 Å². The summed E-state index contributed by atoms with van der Waals surface area (Å²) in [6.07, 6.45) is 6.97. The molecular weight excluding hydrogens is 152 g/mol. The van der Waals surface area contributed by atoms with Crippen molar-refractivity contribution in [1.82, 2.24) is 0 Å². The third kappa shape index (κ3) is 6.04. The lowest BCUT2D eigenvalue weighted by Gasteiger charge is -1.93. The van der Waals surface area contributed by atoms with E-state index >= 15 is 0 Å². The Kier molecular flexibility index (Phi) is 4.23. The number of rotatable bonds is 2. The van der Waals surface area contributed by atoms with Crippen molar-refractivity contribution < 1.29 is 0 Å². The van der Waals surface area contributed by atoms with Crippen LogP contribution in [0.5, 0.6) is 0 Å². The molecule has 0 aromatic rings. The van der Waals surface area contributed by atoms with E-state index in [9.17, 15) is 0 Å². The summed E-state index contributed by atoms with van der Waals surface area (Å²) in [5, 5.41) is 0. The van der Waals surface area contributed by atoms with E-state index in [0.29, 0.717) is 4.83 Å². The summed E-state index contributed by atoms with van der Waals surface area (Å²) in [4.78, 5) is 0.573. The first-order chi connectivity index (χ1) is 3.27. The molecule has 0 rings (SSSR count). The largest absolute Gasteiger partial charge is 0.120 e. The zero-order valence-electron chi connectivity index (χ0n) is 4.45. The Labute approximate surface area is 53.4 Å². The van der Waals surface area contributed by atoms with Crippen LogP contribution in [0.25, 0.3) is 0 Å². The molecule has 0 aliphatic rings. The Hall–Kier alpha value is 0.0400. The van der Waals surface area contributed by atoms with Crippen LogP contribution in [-0.4, -0.2) is 4.83 Å². The van der Waals surface area contributed by atoms with Crippen LogP contribution in [0.3, 0.4) is 0 Å². The summed E-state index contributed by atoms with van der Waals surface area (Å²) >= 11 is 3.38. The number of terminal acetylenes is 1. The maximum atomic E-state index is 5.01. The predicted molar refractivity (Wildman–Crippen MR) is 36.5 cm³/mol. The standard InChI is InChI=1S/C6H9Br/c1-3-4-5-6(2)7/h1,6H,4-5H2,2H3. The minimum absolute atomic E-state index is 0.573. The van der Waals surface area contributed by atoms with E-state index in [2.05, 4.69) is 28.8 Å². The van der Waals surface area contributed by atoms with Crippen LogP contribution in [0, 0.1) is 12.3 Å². The van der Waals surface area contributed by atoms with Gasteiger partial charge in [0.05, 0.1) is 0 Å². The number of hydrogen-bond donors (Lipinski definition) is 0. The van der Waals surface area contributed by atoms with Crippen LogP contribution in [0.4, 0.5) is 0 Å². The van der Waals surface area contributed by atoms with Gasteiger partial charge in [0.2, 0.25) is 0 Å². The van der Waals surface area contributed by atoms with Gasteiger partial charge in [0.15, 0.2) is 0 Å². The van der Waals surface area contributed by atoms with Crippen LogP contribution in [0.2, 0.25) is 0 Å². The third-order valence-electron chi connectivity index (χ3n) is 0.686. The normalized spacial score (nSPS) is 12.7. The molecule has 40 valence electrons. The van der Waals surface area contributed by atoms with Crippen molar-refractivity contribution in [3.63, 3.8) is 0 Å². The second kappa shape index (κ2) is 4.21. The van der Waals surface area contributed by atoms with E-state index in [1.54, 1.807) is 0 Å². The molecule has 0 aliphatic heterocycles. The molecule has 1 unspecified atom stereocenters. The molecule has 0 nitrogen and oxygen atoms in total. The van der Waals surface area contributed by atoms with E-state index in [-0.39, 0.29) is 0 Å². The maximum Gasteiger partial charge on any atom is 0.0126 e. The van der Waals surface area contributed by atoms with E-state index < -0.39 is 0 Å². The summed E-state index contributed by atoms with van der Waals surface area (Å²) in [5.41, 5.74) is 0. The monoisotopic (exact) mass is 160 g/mol. The highest BCUT2D eigenvalue weighted by molar-refractivity contribution is 9.09. The molecule has 0 aliphatic carbocycles. The minimum atomic E-state index is 0.573. The van der Waals surface area contributed by atoms with Gasteiger partial charge in [0.25, 0.3) is 0 Å². The van der Waals surface area contributed by atoms with Crippen LogP contribution in [0.15, 0.2) is 0 Å². The number of hydrogen-bond acceptors (Lipinski definition) is 0. The van der Waals surface area contributed by atoms with Gasteiger partial charge in [-0.15, -0.1) is 12.3 Å². The van der Waals surface area contributed by atoms with E-state index in [4.69, 9.17) is 6.42 Å². The van der Waals surface area contributed by atoms with Crippen molar-refractivity contribution in [3.8, 4) is 12.3 Å². The summed E-state index contributed by atoms with van der Waals surface area (Å²) in [7, 11) is 0. The van der Waals surface area contributed by atoms with Gasteiger partial charge in [-0.25, -0.2) is 0 Å². The van der Waals surface area contributed by atoms with Crippen molar-refractivity contribution in [2.75, 3.05) is 0 Å². The highest BCUT2D eigenvalue weighted by Crippen LogP contribution is 2.04. The Bertz CT molecular complexity index is 68.7. The zero-order chi connectivity index (χ0) is 5.70. The number of alkyl halides is 1. The van der Waals surface area contributed by atoms with Crippen LogP contribution >= 0.6 is 15.9 Å². The third-order valence-corrected chi connectivity index (χ3v) is 1.14. The summed E-state index contributed by atoms with van der Waals surface area (Å²) in [6, 6.07) is 0. The molecule has 0 saturated heterocycles. The Morgan fingerprint density at radius 1 is 1.86 bits per heavy atom. The average molecular weight is 161 g/mol. The van der Waals surface area contributed by atoms with Crippen LogP contribution in [0.1, 0.15) is 19.8 Å².